The highest BCUT2D eigenvalue weighted by Crippen LogP contribution is 2.41. The molecule has 0 spiro atoms. The molecule has 0 amide bonds. The third-order valence-electron chi connectivity index (χ3n) is 3.19. The summed E-state index contributed by atoms with van der Waals surface area (Å²) in [5, 5.41) is 4.37. The SMILES string of the molecule is CCNc1nc(C2SCCSC2C)nc(C)c1C. The normalized spacial score (nSPS) is 24.0. The zero-order chi connectivity index (χ0) is 13.1. The molecule has 0 aromatic carbocycles. The molecule has 5 heteroatoms. The van der Waals surface area contributed by atoms with Crippen LogP contribution in [0.25, 0.3) is 0 Å². The molecule has 1 aromatic rings. The number of thioether (sulfide) groups is 2. The quantitative estimate of drug-likeness (QED) is 0.920. The van der Waals surface area contributed by atoms with Crippen LogP contribution in [-0.4, -0.2) is 33.3 Å². The van der Waals surface area contributed by atoms with Gasteiger partial charge in [0, 0.05) is 34.6 Å². The summed E-state index contributed by atoms with van der Waals surface area (Å²) in [5.74, 6) is 4.45. The summed E-state index contributed by atoms with van der Waals surface area (Å²) < 4.78 is 0. The number of rotatable bonds is 3. The minimum absolute atomic E-state index is 0.431. The minimum Gasteiger partial charge on any atom is -0.370 e. The Balaban J connectivity index is 2.32. The molecular formula is C13H21N3S2. The smallest absolute Gasteiger partial charge is 0.145 e. The first-order valence-corrected chi connectivity index (χ1v) is 8.55. The molecule has 100 valence electrons. The highest BCUT2D eigenvalue weighted by atomic mass is 32.2. The van der Waals surface area contributed by atoms with E-state index in [1.54, 1.807) is 0 Å². The van der Waals surface area contributed by atoms with E-state index >= 15 is 0 Å². The molecule has 1 fully saturated rings. The Morgan fingerprint density at radius 1 is 1.22 bits per heavy atom. The van der Waals surface area contributed by atoms with Crippen molar-refractivity contribution in [1.82, 2.24) is 9.97 Å². The van der Waals surface area contributed by atoms with E-state index in [1.807, 2.05) is 23.5 Å². The Labute approximate surface area is 118 Å². The molecule has 3 nitrogen and oxygen atoms in total. The van der Waals surface area contributed by atoms with Crippen molar-refractivity contribution >= 4 is 29.3 Å². The molecule has 2 unspecified atom stereocenters. The van der Waals surface area contributed by atoms with Gasteiger partial charge in [-0.2, -0.15) is 11.8 Å². The number of aromatic nitrogens is 2. The van der Waals surface area contributed by atoms with E-state index in [0.29, 0.717) is 10.5 Å². The molecule has 0 aliphatic carbocycles. The molecule has 18 heavy (non-hydrogen) atoms. The Morgan fingerprint density at radius 2 is 1.94 bits per heavy atom. The summed E-state index contributed by atoms with van der Waals surface area (Å²) in [6, 6.07) is 0. The largest absolute Gasteiger partial charge is 0.370 e. The van der Waals surface area contributed by atoms with Gasteiger partial charge in [0.25, 0.3) is 0 Å². The first-order chi connectivity index (χ1) is 8.63. The predicted molar refractivity (Wildman–Crippen MR) is 82.8 cm³/mol. The van der Waals surface area contributed by atoms with Gasteiger partial charge in [0.2, 0.25) is 0 Å². The molecule has 0 saturated carbocycles. The predicted octanol–water partition coefficient (Wildman–Crippen LogP) is 3.43. The van der Waals surface area contributed by atoms with Crippen molar-refractivity contribution in [1.29, 1.82) is 0 Å². The van der Waals surface area contributed by atoms with Crippen molar-refractivity contribution in [2.45, 2.75) is 38.2 Å². The molecule has 2 heterocycles. The lowest BCUT2D eigenvalue weighted by atomic mass is 10.2. The molecule has 1 aromatic heterocycles. The van der Waals surface area contributed by atoms with Gasteiger partial charge < -0.3 is 5.32 Å². The highest BCUT2D eigenvalue weighted by Gasteiger charge is 2.27. The third-order valence-corrected chi connectivity index (χ3v) is 6.28. The van der Waals surface area contributed by atoms with Crippen LogP contribution in [-0.2, 0) is 0 Å². The van der Waals surface area contributed by atoms with Crippen LogP contribution in [0, 0.1) is 13.8 Å². The van der Waals surface area contributed by atoms with E-state index < -0.39 is 0 Å². The fraction of sp³-hybridized carbons (Fsp3) is 0.692. The van der Waals surface area contributed by atoms with Gasteiger partial charge in [-0.25, -0.2) is 9.97 Å². The van der Waals surface area contributed by atoms with E-state index in [-0.39, 0.29) is 0 Å². The average Bonchev–Trinajstić information content (AvgIpc) is 2.35. The number of hydrogen-bond donors (Lipinski definition) is 1. The van der Waals surface area contributed by atoms with E-state index in [1.165, 1.54) is 17.1 Å². The molecule has 1 N–H and O–H groups in total. The van der Waals surface area contributed by atoms with E-state index in [9.17, 15) is 0 Å². The zero-order valence-electron chi connectivity index (χ0n) is 11.5. The molecule has 1 aliphatic rings. The second-order valence-corrected chi connectivity index (χ2v) is 7.27. The van der Waals surface area contributed by atoms with Gasteiger partial charge in [0.1, 0.15) is 11.6 Å². The maximum Gasteiger partial charge on any atom is 0.145 e. The number of nitrogens with zero attached hydrogens (tertiary/aromatic N) is 2. The number of hydrogen-bond acceptors (Lipinski definition) is 5. The van der Waals surface area contributed by atoms with Crippen molar-refractivity contribution in [3.8, 4) is 0 Å². The van der Waals surface area contributed by atoms with Crippen molar-refractivity contribution < 1.29 is 0 Å². The van der Waals surface area contributed by atoms with Crippen LogP contribution in [0.5, 0.6) is 0 Å². The maximum absolute atomic E-state index is 4.74. The fourth-order valence-corrected chi connectivity index (χ4v) is 4.72. The standard InChI is InChI=1S/C13H21N3S2/c1-5-14-12-8(2)9(3)15-13(16-12)11-10(4)17-6-7-18-11/h10-11H,5-7H2,1-4H3,(H,14,15,16). The van der Waals surface area contributed by atoms with Gasteiger partial charge in [-0.05, 0) is 20.8 Å². The lowest BCUT2D eigenvalue weighted by Crippen LogP contribution is -2.19. The zero-order valence-corrected chi connectivity index (χ0v) is 13.1. The molecule has 2 rings (SSSR count). The summed E-state index contributed by atoms with van der Waals surface area (Å²) in [6.07, 6.45) is 0. The Morgan fingerprint density at radius 3 is 2.61 bits per heavy atom. The van der Waals surface area contributed by atoms with Crippen LogP contribution in [0.1, 0.15) is 36.2 Å². The van der Waals surface area contributed by atoms with Gasteiger partial charge in [0.15, 0.2) is 0 Å². The summed E-state index contributed by atoms with van der Waals surface area (Å²) in [7, 11) is 0. The summed E-state index contributed by atoms with van der Waals surface area (Å²) in [6.45, 7) is 9.45. The van der Waals surface area contributed by atoms with Gasteiger partial charge in [-0.15, -0.1) is 11.8 Å². The average molecular weight is 283 g/mol. The molecular weight excluding hydrogens is 262 g/mol. The molecule has 1 saturated heterocycles. The summed E-state index contributed by atoms with van der Waals surface area (Å²) in [5.41, 5.74) is 2.26. The van der Waals surface area contributed by atoms with Crippen LogP contribution >= 0.6 is 23.5 Å². The van der Waals surface area contributed by atoms with Gasteiger partial charge in [0.05, 0.1) is 5.25 Å². The first-order valence-electron chi connectivity index (χ1n) is 6.45. The number of aryl methyl sites for hydroxylation is 1. The Hall–Kier alpha value is -0.420. The molecule has 0 bridgehead atoms. The van der Waals surface area contributed by atoms with Crippen molar-refractivity contribution in [2.24, 2.45) is 0 Å². The Kier molecular flexibility index (Phi) is 4.78. The van der Waals surface area contributed by atoms with Crippen LogP contribution in [0.2, 0.25) is 0 Å². The van der Waals surface area contributed by atoms with Crippen molar-refractivity contribution in [3.63, 3.8) is 0 Å². The van der Waals surface area contributed by atoms with Gasteiger partial charge in [-0.1, -0.05) is 6.92 Å². The number of nitrogens with one attached hydrogen (secondary N) is 1. The second-order valence-electron chi connectivity index (χ2n) is 4.54. The number of anilines is 1. The molecule has 1 aliphatic heterocycles. The van der Waals surface area contributed by atoms with Crippen LogP contribution in [0.4, 0.5) is 5.82 Å². The maximum atomic E-state index is 4.74. The van der Waals surface area contributed by atoms with Crippen molar-refractivity contribution in [2.75, 3.05) is 23.4 Å². The van der Waals surface area contributed by atoms with E-state index in [2.05, 4.69) is 33.0 Å². The second kappa shape index (κ2) is 6.15. The summed E-state index contributed by atoms with van der Waals surface area (Å²) >= 11 is 4.02. The van der Waals surface area contributed by atoms with E-state index in [4.69, 9.17) is 9.97 Å². The topological polar surface area (TPSA) is 37.8 Å². The Bertz CT molecular complexity index is 423. The summed E-state index contributed by atoms with van der Waals surface area (Å²) in [4.78, 5) is 9.44. The highest BCUT2D eigenvalue weighted by molar-refractivity contribution is 8.06. The van der Waals surface area contributed by atoms with Crippen LogP contribution < -0.4 is 5.32 Å². The lowest BCUT2D eigenvalue weighted by molar-refractivity contribution is 0.810. The minimum atomic E-state index is 0.431. The molecule has 2 atom stereocenters. The lowest BCUT2D eigenvalue weighted by Gasteiger charge is -2.27. The fourth-order valence-electron chi connectivity index (χ4n) is 2.03. The van der Waals surface area contributed by atoms with E-state index in [0.717, 1.165) is 23.9 Å². The van der Waals surface area contributed by atoms with Crippen LogP contribution in [0.15, 0.2) is 0 Å². The van der Waals surface area contributed by atoms with Crippen LogP contribution in [0.3, 0.4) is 0 Å². The first kappa shape index (κ1) is 14.0. The molecule has 0 radical (unpaired) electrons. The van der Waals surface area contributed by atoms with Gasteiger partial charge in [-0.3, -0.25) is 0 Å². The van der Waals surface area contributed by atoms with Crippen molar-refractivity contribution in [3.05, 3.63) is 17.1 Å². The third kappa shape index (κ3) is 2.94. The van der Waals surface area contributed by atoms with Gasteiger partial charge >= 0.3 is 0 Å². The monoisotopic (exact) mass is 283 g/mol.